The minimum atomic E-state index is -2.86. The van der Waals surface area contributed by atoms with Gasteiger partial charge >= 0.3 is 6.09 Å². The molecule has 1 unspecified atom stereocenters. The Kier molecular flexibility index (Phi) is 5.47. The Bertz CT molecular complexity index is 943. The van der Waals surface area contributed by atoms with Crippen LogP contribution in [0.4, 0.5) is 19.3 Å². The SMILES string of the molecule is N#Cc1ccc(OC(=O)Nc2cccc(C3(C(F)F)COCC(N)=N3)c2)nc1. The first kappa shape index (κ1) is 19.2. The molecule has 1 atom stereocenters. The number of amides is 1. The third-order valence-corrected chi connectivity index (χ3v) is 3.95. The third kappa shape index (κ3) is 4.05. The zero-order valence-corrected chi connectivity index (χ0v) is 14.4. The number of nitrogens with zero attached hydrogens (tertiary/aromatic N) is 3. The van der Waals surface area contributed by atoms with Gasteiger partial charge in [-0.25, -0.2) is 18.6 Å². The zero-order chi connectivity index (χ0) is 20.1. The van der Waals surface area contributed by atoms with Crippen LogP contribution in [-0.4, -0.2) is 36.6 Å². The predicted molar refractivity (Wildman–Crippen MR) is 95.2 cm³/mol. The van der Waals surface area contributed by atoms with Gasteiger partial charge in [0.15, 0.2) is 5.54 Å². The number of aliphatic imine (C=N–C) groups is 1. The molecule has 0 fully saturated rings. The van der Waals surface area contributed by atoms with Crippen LogP contribution in [0, 0.1) is 11.3 Å². The fraction of sp³-hybridized carbons (Fsp3) is 0.222. The van der Waals surface area contributed by atoms with Gasteiger partial charge in [-0.3, -0.25) is 10.3 Å². The summed E-state index contributed by atoms with van der Waals surface area (Å²) in [5, 5.41) is 11.2. The molecule has 0 saturated heterocycles. The number of benzene rings is 1. The molecular weight excluding hydrogens is 372 g/mol. The minimum Gasteiger partial charge on any atom is -0.391 e. The smallest absolute Gasteiger partial charge is 0.391 e. The summed E-state index contributed by atoms with van der Waals surface area (Å²) in [6.45, 7) is -0.356. The first-order valence-corrected chi connectivity index (χ1v) is 8.08. The Balaban J connectivity index is 1.78. The number of halogens is 2. The summed E-state index contributed by atoms with van der Waals surface area (Å²) in [5.74, 6) is -0.0500. The van der Waals surface area contributed by atoms with Gasteiger partial charge in [-0.1, -0.05) is 12.1 Å². The zero-order valence-electron chi connectivity index (χ0n) is 14.4. The molecule has 1 aliphatic heterocycles. The molecule has 0 spiro atoms. The van der Waals surface area contributed by atoms with Gasteiger partial charge in [0.05, 0.1) is 12.2 Å². The van der Waals surface area contributed by atoms with E-state index in [4.69, 9.17) is 20.5 Å². The highest BCUT2D eigenvalue weighted by atomic mass is 19.3. The largest absolute Gasteiger partial charge is 0.418 e. The Labute approximate surface area is 158 Å². The monoisotopic (exact) mass is 387 g/mol. The predicted octanol–water partition coefficient (Wildman–Crippen LogP) is 2.41. The molecule has 1 amide bonds. The number of aromatic nitrogens is 1. The number of ether oxygens (including phenoxy) is 2. The van der Waals surface area contributed by atoms with Crippen LogP contribution in [0.1, 0.15) is 11.1 Å². The van der Waals surface area contributed by atoms with Crippen molar-refractivity contribution in [3.8, 4) is 11.9 Å². The maximum Gasteiger partial charge on any atom is 0.418 e. The highest BCUT2D eigenvalue weighted by Gasteiger charge is 2.44. The number of carbonyl (C=O) groups is 1. The number of carbonyl (C=O) groups excluding carboxylic acids is 1. The van der Waals surface area contributed by atoms with Crippen molar-refractivity contribution in [2.75, 3.05) is 18.5 Å². The molecule has 1 aromatic heterocycles. The second-order valence-electron chi connectivity index (χ2n) is 5.91. The van der Waals surface area contributed by atoms with Gasteiger partial charge in [0.2, 0.25) is 5.88 Å². The van der Waals surface area contributed by atoms with Crippen LogP contribution in [0.3, 0.4) is 0 Å². The van der Waals surface area contributed by atoms with E-state index in [0.717, 1.165) is 0 Å². The molecule has 2 heterocycles. The molecule has 3 N–H and O–H groups in total. The van der Waals surface area contributed by atoms with Gasteiger partial charge in [-0.2, -0.15) is 5.26 Å². The molecule has 28 heavy (non-hydrogen) atoms. The lowest BCUT2D eigenvalue weighted by Crippen LogP contribution is -2.44. The number of alkyl halides is 2. The van der Waals surface area contributed by atoms with Crippen molar-refractivity contribution in [1.82, 2.24) is 4.98 Å². The van der Waals surface area contributed by atoms with E-state index in [-0.39, 0.29) is 36.2 Å². The molecule has 10 heteroatoms. The van der Waals surface area contributed by atoms with Crippen LogP contribution >= 0.6 is 0 Å². The molecule has 2 aromatic rings. The molecule has 0 aliphatic carbocycles. The van der Waals surface area contributed by atoms with Crippen molar-refractivity contribution < 1.29 is 23.0 Å². The van der Waals surface area contributed by atoms with Gasteiger partial charge in [0, 0.05) is 18.0 Å². The van der Waals surface area contributed by atoms with Crippen LogP contribution in [0.15, 0.2) is 47.6 Å². The first-order valence-electron chi connectivity index (χ1n) is 8.08. The lowest BCUT2D eigenvalue weighted by Gasteiger charge is -2.33. The number of rotatable bonds is 4. The number of anilines is 1. The summed E-state index contributed by atoms with van der Waals surface area (Å²) >= 11 is 0. The van der Waals surface area contributed by atoms with E-state index >= 15 is 0 Å². The number of hydrogen-bond donors (Lipinski definition) is 2. The molecule has 0 bridgehead atoms. The number of nitrogens with two attached hydrogens (primary N) is 1. The summed E-state index contributed by atoms with van der Waals surface area (Å²) < 4.78 is 37.7. The fourth-order valence-corrected chi connectivity index (χ4v) is 2.63. The summed E-state index contributed by atoms with van der Waals surface area (Å²) in [5.41, 5.74) is 4.31. The fourth-order valence-electron chi connectivity index (χ4n) is 2.63. The number of nitrogens with one attached hydrogen (secondary N) is 1. The Morgan fingerprint density at radius 1 is 1.39 bits per heavy atom. The van der Waals surface area contributed by atoms with Crippen molar-refractivity contribution in [3.05, 3.63) is 53.7 Å². The lowest BCUT2D eigenvalue weighted by molar-refractivity contribution is -0.0129. The summed E-state index contributed by atoms with van der Waals surface area (Å²) in [6, 6.07) is 10.5. The van der Waals surface area contributed by atoms with E-state index < -0.39 is 18.1 Å². The Hall–Kier alpha value is -3.58. The maximum atomic E-state index is 13.8. The standard InChI is InChI=1S/C18H15F2N5O3/c19-16(20)18(10-27-9-14(22)25-18)12-2-1-3-13(6-12)24-17(26)28-15-5-4-11(7-21)8-23-15/h1-6,8,16H,9-10H2,(H2,22,25)(H,24,26). The maximum absolute atomic E-state index is 13.8. The molecule has 0 radical (unpaired) electrons. The van der Waals surface area contributed by atoms with Gasteiger partial charge in [0.1, 0.15) is 18.5 Å². The summed E-state index contributed by atoms with van der Waals surface area (Å²) in [4.78, 5) is 19.8. The summed E-state index contributed by atoms with van der Waals surface area (Å²) in [7, 11) is 0. The molecule has 1 aliphatic rings. The number of nitriles is 1. The average Bonchev–Trinajstić information content (AvgIpc) is 2.68. The van der Waals surface area contributed by atoms with Crippen LogP contribution in [0.25, 0.3) is 0 Å². The topological polar surface area (TPSA) is 123 Å². The number of amidine groups is 1. The van der Waals surface area contributed by atoms with Crippen molar-refractivity contribution in [2.24, 2.45) is 10.7 Å². The quantitative estimate of drug-likeness (QED) is 0.831. The van der Waals surface area contributed by atoms with Crippen LogP contribution in [0.2, 0.25) is 0 Å². The van der Waals surface area contributed by atoms with E-state index in [2.05, 4.69) is 15.3 Å². The van der Waals surface area contributed by atoms with E-state index in [1.807, 2.05) is 6.07 Å². The van der Waals surface area contributed by atoms with E-state index in [1.165, 1.54) is 42.6 Å². The van der Waals surface area contributed by atoms with Crippen molar-refractivity contribution in [1.29, 1.82) is 5.26 Å². The lowest BCUT2D eigenvalue weighted by atomic mass is 9.90. The molecule has 144 valence electrons. The third-order valence-electron chi connectivity index (χ3n) is 3.95. The van der Waals surface area contributed by atoms with Gasteiger partial charge in [0.25, 0.3) is 6.43 Å². The summed E-state index contributed by atoms with van der Waals surface area (Å²) in [6.07, 6.45) is -2.49. The second kappa shape index (κ2) is 7.98. The highest BCUT2D eigenvalue weighted by molar-refractivity contribution is 5.86. The molecule has 0 saturated carbocycles. The van der Waals surface area contributed by atoms with E-state index in [0.29, 0.717) is 5.56 Å². The second-order valence-corrected chi connectivity index (χ2v) is 5.91. The number of pyridine rings is 1. The van der Waals surface area contributed by atoms with Crippen molar-refractivity contribution >= 4 is 17.6 Å². The van der Waals surface area contributed by atoms with Crippen molar-refractivity contribution in [3.63, 3.8) is 0 Å². The number of hydrogen-bond acceptors (Lipinski definition) is 7. The van der Waals surface area contributed by atoms with Crippen molar-refractivity contribution in [2.45, 2.75) is 12.0 Å². The van der Waals surface area contributed by atoms with Gasteiger partial charge in [-0.05, 0) is 23.8 Å². The highest BCUT2D eigenvalue weighted by Crippen LogP contribution is 2.36. The molecular formula is C18H15F2N5O3. The molecule has 8 nitrogen and oxygen atoms in total. The first-order chi connectivity index (χ1) is 13.4. The average molecular weight is 387 g/mol. The molecule has 1 aromatic carbocycles. The minimum absolute atomic E-state index is 0.0175. The van der Waals surface area contributed by atoms with Gasteiger partial charge < -0.3 is 15.2 Å². The Morgan fingerprint density at radius 3 is 2.86 bits per heavy atom. The van der Waals surface area contributed by atoms with Gasteiger partial charge in [-0.15, -0.1) is 0 Å². The van der Waals surface area contributed by atoms with E-state index in [9.17, 15) is 13.6 Å². The van der Waals surface area contributed by atoms with E-state index in [1.54, 1.807) is 0 Å². The van der Waals surface area contributed by atoms with Crippen LogP contribution in [0.5, 0.6) is 5.88 Å². The Morgan fingerprint density at radius 2 is 2.21 bits per heavy atom. The van der Waals surface area contributed by atoms with Crippen LogP contribution < -0.4 is 15.8 Å². The normalized spacial score (nSPS) is 18.9. The molecule has 3 rings (SSSR count). The van der Waals surface area contributed by atoms with Crippen LogP contribution in [-0.2, 0) is 10.3 Å².